The molecule has 0 spiro atoms. The van der Waals surface area contributed by atoms with Crippen LogP contribution in [0, 0.1) is 5.92 Å². The van der Waals surface area contributed by atoms with Gasteiger partial charge in [-0.1, -0.05) is 19.4 Å². The molecule has 0 aliphatic carbocycles. The molecule has 1 aromatic carbocycles. The Labute approximate surface area is 121 Å². The van der Waals surface area contributed by atoms with Gasteiger partial charge in [-0.25, -0.2) is 0 Å². The molecule has 114 valence electrons. The first-order valence-electron chi connectivity index (χ1n) is 7.44. The van der Waals surface area contributed by atoms with Crippen molar-refractivity contribution < 1.29 is 14.6 Å². The molecule has 1 rings (SSSR count). The molecule has 1 aromatic rings. The van der Waals surface area contributed by atoms with Crippen molar-refractivity contribution in [2.75, 3.05) is 26.4 Å². The molecule has 0 bridgehead atoms. The Morgan fingerprint density at radius 2 is 2.00 bits per heavy atom. The summed E-state index contributed by atoms with van der Waals surface area (Å²) in [6, 6.07) is 5.95. The molecule has 3 N–H and O–H groups in total. The van der Waals surface area contributed by atoms with E-state index in [1.54, 1.807) is 0 Å². The van der Waals surface area contributed by atoms with Crippen LogP contribution in [0.2, 0.25) is 0 Å². The number of unbranched alkanes of at least 4 members (excludes halogenated alkanes) is 1. The summed E-state index contributed by atoms with van der Waals surface area (Å²) in [6.45, 7) is 5.99. The molecule has 0 heterocycles. The minimum Gasteiger partial charge on any atom is -0.490 e. The van der Waals surface area contributed by atoms with Gasteiger partial charge in [0.05, 0.1) is 13.2 Å². The molecule has 0 fully saturated rings. The molecular formula is C16H27NO3. The molecule has 0 amide bonds. The lowest BCUT2D eigenvalue weighted by molar-refractivity contribution is 0.229. The largest absolute Gasteiger partial charge is 0.490 e. The third kappa shape index (κ3) is 5.39. The fraction of sp³-hybridized carbons (Fsp3) is 0.625. The lowest BCUT2D eigenvalue weighted by atomic mass is 10.00. The molecule has 0 saturated carbocycles. The molecular weight excluding hydrogens is 254 g/mol. The van der Waals surface area contributed by atoms with Crippen LogP contribution in [0.15, 0.2) is 18.2 Å². The second-order valence-electron chi connectivity index (χ2n) is 4.90. The summed E-state index contributed by atoms with van der Waals surface area (Å²) in [5.41, 5.74) is 6.73. The summed E-state index contributed by atoms with van der Waals surface area (Å²) in [5.74, 6) is 1.66. The van der Waals surface area contributed by atoms with Crippen molar-refractivity contribution in [1.29, 1.82) is 0 Å². The van der Waals surface area contributed by atoms with Crippen LogP contribution in [-0.4, -0.2) is 31.5 Å². The van der Waals surface area contributed by atoms with Crippen molar-refractivity contribution in [3.8, 4) is 11.5 Å². The van der Waals surface area contributed by atoms with E-state index in [4.69, 9.17) is 15.2 Å². The van der Waals surface area contributed by atoms with Crippen LogP contribution < -0.4 is 15.2 Å². The van der Waals surface area contributed by atoms with E-state index >= 15 is 0 Å². The molecule has 0 radical (unpaired) electrons. The van der Waals surface area contributed by atoms with Gasteiger partial charge in [-0.3, -0.25) is 0 Å². The quantitative estimate of drug-likeness (QED) is 0.646. The van der Waals surface area contributed by atoms with Gasteiger partial charge < -0.3 is 20.3 Å². The predicted octanol–water partition coefficient (Wildman–Crippen LogP) is 2.37. The fourth-order valence-electron chi connectivity index (χ4n) is 1.95. The Balaban J connectivity index is 2.77. The van der Waals surface area contributed by atoms with Gasteiger partial charge in [0.25, 0.3) is 0 Å². The number of ether oxygens (including phenoxy) is 2. The average Bonchev–Trinajstić information content (AvgIpc) is 2.47. The number of aliphatic hydroxyl groups is 1. The molecule has 1 unspecified atom stereocenters. The molecule has 4 nitrogen and oxygen atoms in total. The van der Waals surface area contributed by atoms with E-state index in [2.05, 4.69) is 6.92 Å². The zero-order chi connectivity index (χ0) is 14.8. The molecule has 0 saturated heterocycles. The van der Waals surface area contributed by atoms with Gasteiger partial charge in [0.15, 0.2) is 11.5 Å². The third-order valence-corrected chi connectivity index (χ3v) is 3.18. The van der Waals surface area contributed by atoms with Crippen molar-refractivity contribution in [2.45, 2.75) is 33.1 Å². The van der Waals surface area contributed by atoms with Crippen LogP contribution in [0.1, 0.15) is 32.3 Å². The second-order valence-corrected chi connectivity index (χ2v) is 4.90. The summed E-state index contributed by atoms with van der Waals surface area (Å²) in [5, 5.41) is 9.22. The Kier molecular flexibility index (Phi) is 8.07. The zero-order valence-corrected chi connectivity index (χ0v) is 12.6. The minimum absolute atomic E-state index is 0.0938. The smallest absolute Gasteiger partial charge is 0.161 e. The van der Waals surface area contributed by atoms with Crippen molar-refractivity contribution in [1.82, 2.24) is 0 Å². The van der Waals surface area contributed by atoms with E-state index in [0.29, 0.717) is 19.8 Å². The number of hydrogen-bond acceptors (Lipinski definition) is 4. The SMILES string of the molecule is CCCCOc1ccc(CC(CN)CO)cc1OCC. The molecule has 0 aliphatic heterocycles. The maximum atomic E-state index is 9.22. The maximum Gasteiger partial charge on any atom is 0.161 e. The number of nitrogens with two attached hydrogens (primary N) is 1. The first-order valence-corrected chi connectivity index (χ1v) is 7.44. The molecule has 0 aliphatic rings. The van der Waals surface area contributed by atoms with Crippen LogP contribution in [-0.2, 0) is 6.42 Å². The van der Waals surface area contributed by atoms with Crippen molar-refractivity contribution in [3.05, 3.63) is 23.8 Å². The highest BCUT2D eigenvalue weighted by Crippen LogP contribution is 2.29. The van der Waals surface area contributed by atoms with E-state index in [-0.39, 0.29) is 12.5 Å². The lowest BCUT2D eigenvalue weighted by Crippen LogP contribution is -2.20. The topological polar surface area (TPSA) is 64.7 Å². The average molecular weight is 281 g/mol. The second kappa shape index (κ2) is 9.61. The summed E-state index contributed by atoms with van der Waals surface area (Å²) in [7, 11) is 0. The summed E-state index contributed by atoms with van der Waals surface area (Å²) in [6.07, 6.45) is 2.89. The van der Waals surface area contributed by atoms with Gasteiger partial charge in [-0.05, 0) is 49.9 Å². The Hall–Kier alpha value is -1.26. The van der Waals surface area contributed by atoms with Crippen LogP contribution >= 0.6 is 0 Å². The normalized spacial score (nSPS) is 12.2. The van der Waals surface area contributed by atoms with Crippen LogP contribution in [0.3, 0.4) is 0 Å². The summed E-state index contributed by atoms with van der Waals surface area (Å²) >= 11 is 0. The minimum atomic E-state index is 0.0938. The Bertz CT molecular complexity index is 378. The van der Waals surface area contributed by atoms with Crippen molar-refractivity contribution >= 4 is 0 Å². The van der Waals surface area contributed by atoms with Gasteiger partial charge >= 0.3 is 0 Å². The summed E-state index contributed by atoms with van der Waals surface area (Å²) in [4.78, 5) is 0. The highest BCUT2D eigenvalue weighted by molar-refractivity contribution is 5.43. The van der Waals surface area contributed by atoms with E-state index < -0.39 is 0 Å². The predicted molar refractivity (Wildman–Crippen MR) is 81.3 cm³/mol. The van der Waals surface area contributed by atoms with Gasteiger partial charge in [-0.15, -0.1) is 0 Å². The molecule has 0 aromatic heterocycles. The Morgan fingerprint density at radius 3 is 2.60 bits per heavy atom. The van der Waals surface area contributed by atoms with Gasteiger partial charge in [0.2, 0.25) is 0 Å². The van der Waals surface area contributed by atoms with Gasteiger partial charge in [0, 0.05) is 6.61 Å². The van der Waals surface area contributed by atoms with Crippen LogP contribution in [0.25, 0.3) is 0 Å². The van der Waals surface area contributed by atoms with E-state index in [0.717, 1.165) is 36.3 Å². The van der Waals surface area contributed by atoms with Crippen molar-refractivity contribution in [2.24, 2.45) is 11.7 Å². The first kappa shape index (κ1) is 16.8. The number of benzene rings is 1. The van der Waals surface area contributed by atoms with E-state index in [1.165, 1.54) is 0 Å². The number of aliphatic hydroxyl groups excluding tert-OH is 1. The Morgan fingerprint density at radius 1 is 1.20 bits per heavy atom. The first-order chi connectivity index (χ1) is 9.74. The monoisotopic (exact) mass is 281 g/mol. The molecule has 20 heavy (non-hydrogen) atoms. The van der Waals surface area contributed by atoms with E-state index in [1.807, 2.05) is 25.1 Å². The summed E-state index contributed by atoms with van der Waals surface area (Å²) < 4.78 is 11.4. The standard InChI is InChI=1S/C16H27NO3/c1-3-5-8-20-15-7-6-13(9-14(11-17)12-18)10-16(15)19-4-2/h6-7,10,14,18H,3-5,8-9,11-12,17H2,1-2H3. The third-order valence-electron chi connectivity index (χ3n) is 3.18. The highest BCUT2D eigenvalue weighted by Gasteiger charge is 2.10. The lowest BCUT2D eigenvalue weighted by Gasteiger charge is -2.15. The maximum absolute atomic E-state index is 9.22. The van der Waals surface area contributed by atoms with Crippen molar-refractivity contribution in [3.63, 3.8) is 0 Å². The van der Waals surface area contributed by atoms with E-state index in [9.17, 15) is 5.11 Å². The highest BCUT2D eigenvalue weighted by atomic mass is 16.5. The fourth-order valence-corrected chi connectivity index (χ4v) is 1.95. The zero-order valence-electron chi connectivity index (χ0n) is 12.6. The molecule has 1 atom stereocenters. The van der Waals surface area contributed by atoms with Gasteiger partial charge in [-0.2, -0.15) is 0 Å². The van der Waals surface area contributed by atoms with Gasteiger partial charge in [0.1, 0.15) is 0 Å². The molecule has 4 heteroatoms. The number of hydrogen-bond donors (Lipinski definition) is 2. The van der Waals surface area contributed by atoms with Crippen LogP contribution in [0.5, 0.6) is 11.5 Å². The number of rotatable bonds is 10. The van der Waals surface area contributed by atoms with Crippen LogP contribution in [0.4, 0.5) is 0 Å².